The van der Waals surface area contributed by atoms with E-state index in [1.165, 1.54) is 31.7 Å². The van der Waals surface area contributed by atoms with Crippen LogP contribution in [0.25, 0.3) is 0 Å². The lowest BCUT2D eigenvalue weighted by molar-refractivity contribution is -0.113. The van der Waals surface area contributed by atoms with E-state index in [0.717, 1.165) is 5.16 Å². The lowest BCUT2D eigenvalue weighted by atomic mass is 10.2. The van der Waals surface area contributed by atoms with E-state index in [0.29, 0.717) is 17.3 Å². The lowest BCUT2D eigenvalue weighted by Gasteiger charge is -2.08. The molecular formula is C16H17N3O3S. The van der Waals surface area contributed by atoms with Crippen molar-refractivity contribution in [3.63, 3.8) is 0 Å². The van der Waals surface area contributed by atoms with Crippen molar-refractivity contribution >= 4 is 29.3 Å². The van der Waals surface area contributed by atoms with Gasteiger partial charge in [0.05, 0.1) is 18.4 Å². The molecule has 0 bridgehead atoms. The molecule has 0 radical (unpaired) electrons. The lowest BCUT2D eigenvalue weighted by Crippen LogP contribution is -2.15. The molecule has 0 unspecified atom stereocenters. The quantitative estimate of drug-likeness (QED) is 0.651. The van der Waals surface area contributed by atoms with E-state index in [4.69, 9.17) is 0 Å². The van der Waals surface area contributed by atoms with E-state index < -0.39 is 5.97 Å². The average Bonchev–Trinajstić information content (AvgIpc) is 3.30. The van der Waals surface area contributed by atoms with Gasteiger partial charge in [0.15, 0.2) is 5.16 Å². The topological polar surface area (TPSA) is 73.2 Å². The molecule has 1 aromatic heterocycles. The first-order chi connectivity index (χ1) is 11.2. The predicted molar refractivity (Wildman–Crippen MR) is 87.6 cm³/mol. The Labute approximate surface area is 138 Å². The van der Waals surface area contributed by atoms with Crippen LogP contribution in [0.1, 0.15) is 29.2 Å². The van der Waals surface area contributed by atoms with Crippen molar-refractivity contribution in [1.29, 1.82) is 0 Å². The summed E-state index contributed by atoms with van der Waals surface area (Å²) in [7, 11) is 1.33. The third-order valence-electron chi connectivity index (χ3n) is 3.47. The van der Waals surface area contributed by atoms with E-state index >= 15 is 0 Å². The summed E-state index contributed by atoms with van der Waals surface area (Å²) in [6, 6.07) is 7.22. The zero-order chi connectivity index (χ0) is 16.2. The maximum atomic E-state index is 12.1. The van der Waals surface area contributed by atoms with Crippen molar-refractivity contribution in [3.05, 3.63) is 42.2 Å². The number of thioether (sulfide) groups is 1. The van der Waals surface area contributed by atoms with Crippen LogP contribution in [0.5, 0.6) is 0 Å². The van der Waals surface area contributed by atoms with Crippen molar-refractivity contribution in [3.8, 4) is 0 Å². The van der Waals surface area contributed by atoms with Crippen LogP contribution in [-0.4, -0.2) is 34.3 Å². The second kappa shape index (κ2) is 6.87. The highest BCUT2D eigenvalue weighted by atomic mass is 32.2. The molecule has 0 aliphatic heterocycles. The number of hydrogen-bond donors (Lipinski definition) is 1. The van der Waals surface area contributed by atoms with E-state index in [1.54, 1.807) is 30.5 Å². The first kappa shape index (κ1) is 15.6. The van der Waals surface area contributed by atoms with Crippen LogP contribution in [0.3, 0.4) is 0 Å². The summed E-state index contributed by atoms with van der Waals surface area (Å²) >= 11 is 1.41. The molecule has 1 heterocycles. The number of carbonyl (C=O) groups is 2. The number of methoxy groups -OCH3 is 1. The number of benzene rings is 1. The molecular weight excluding hydrogens is 314 g/mol. The fourth-order valence-corrected chi connectivity index (χ4v) is 3.04. The zero-order valence-corrected chi connectivity index (χ0v) is 13.5. The molecule has 3 rings (SSSR count). The van der Waals surface area contributed by atoms with Gasteiger partial charge in [-0.25, -0.2) is 9.78 Å². The predicted octanol–water partition coefficient (Wildman–Crippen LogP) is 2.74. The Morgan fingerprint density at radius 1 is 1.43 bits per heavy atom. The molecule has 1 amide bonds. The smallest absolute Gasteiger partial charge is 0.337 e. The molecule has 1 N–H and O–H groups in total. The molecule has 2 aromatic rings. The second-order valence-corrected chi connectivity index (χ2v) is 6.20. The number of rotatable bonds is 6. The number of amides is 1. The highest BCUT2D eigenvalue weighted by Gasteiger charge is 2.25. The van der Waals surface area contributed by atoms with Gasteiger partial charge in [0.25, 0.3) is 0 Å². The molecule has 7 heteroatoms. The van der Waals surface area contributed by atoms with Crippen LogP contribution in [0.4, 0.5) is 5.69 Å². The van der Waals surface area contributed by atoms with Gasteiger partial charge in [0.2, 0.25) is 5.91 Å². The summed E-state index contributed by atoms with van der Waals surface area (Å²) < 4.78 is 6.79. The van der Waals surface area contributed by atoms with Gasteiger partial charge in [-0.2, -0.15) is 0 Å². The second-order valence-electron chi connectivity index (χ2n) is 5.26. The molecule has 0 saturated heterocycles. The van der Waals surface area contributed by atoms with Gasteiger partial charge >= 0.3 is 5.97 Å². The van der Waals surface area contributed by atoms with Gasteiger partial charge in [-0.3, -0.25) is 4.79 Å². The summed E-state index contributed by atoms with van der Waals surface area (Å²) in [6.07, 6.45) is 6.07. The molecule has 6 nitrogen and oxygen atoms in total. The Kier molecular flexibility index (Phi) is 4.66. The number of hydrogen-bond acceptors (Lipinski definition) is 5. The number of nitrogens with zero attached hydrogens (tertiary/aromatic N) is 2. The van der Waals surface area contributed by atoms with Crippen LogP contribution in [0.15, 0.2) is 41.8 Å². The van der Waals surface area contributed by atoms with Gasteiger partial charge in [0.1, 0.15) is 0 Å². The van der Waals surface area contributed by atoms with Crippen molar-refractivity contribution in [2.75, 3.05) is 18.2 Å². The van der Waals surface area contributed by atoms with Crippen LogP contribution in [0.2, 0.25) is 0 Å². The Hall–Kier alpha value is -2.28. The van der Waals surface area contributed by atoms with Crippen molar-refractivity contribution < 1.29 is 14.3 Å². The summed E-state index contributed by atoms with van der Waals surface area (Å²) in [5, 5.41) is 3.65. The molecule has 0 atom stereocenters. The molecule has 1 aliphatic rings. The maximum Gasteiger partial charge on any atom is 0.337 e. The number of ether oxygens (including phenoxy) is 1. The molecule has 23 heavy (non-hydrogen) atoms. The van der Waals surface area contributed by atoms with Gasteiger partial charge < -0.3 is 14.6 Å². The number of carbonyl (C=O) groups excluding carboxylic acids is 2. The Morgan fingerprint density at radius 3 is 3.00 bits per heavy atom. The number of aromatic nitrogens is 2. The maximum absolute atomic E-state index is 12.1. The van der Waals surface area contributed by atoms with E-state index in [9.17, 15) is 9.59 Å². The standard InChI is InChI=1S/C16H17N3O3S/c1-22-15(21)11-3-2-4-12(9-11)18-14(20)10-23-16-17-7-8-19(16)13-5-6-13/h2-4,7-9,13H,5-6,10H2,1H3,(H,18,20). The fourth-order valence-electron chi connectivity index (χ4n) is 2.21. The highest BCUT2D eigenvalue weighted by Crippen LogP contribution is 2.37. The summed E-state index contributed by atoms with van der Waals surface area (Å²) in [5.41, 5.74) is 0.978. The van der Waals surface area contributed by atoms with Crippen LogP contribution < -0.4 is 5.32 Å². The molecule has 1 aromatic carbocycles. The Bertz CT molecular complexity index is 725. The molecule has 1 aliphatic carbocycles. The van der Waals surface area contributed by atoms with Crippen LogP contribution in [0, 0.1) is 0 Å². The van der Waals surface area contributed by atoms with Gasteiger partial charge in [-0.05, 0) is 31.0 Å². The van der Waals surface area contributed by atoms with Crippen molar-refractivity contribution in [2.45, 2.75) is 24.0 Å². The monoisotopic (exact) mass is 331 g/mol. The fraction of sp³-hybridized carbons (Fsp3) is 0.312. The third-order valence-corrected chi connectivity index (χ3v) is 4.45. The van der Waals surface area contributed by atoms with Gasteiger partial charge in [-0.1, -0.05) is 17.8 Å². The number of nitrogens with one attached hydrogen (secondary N) is 1. The molecule has 1 fully saturated rings. The van der Waals surface area contributed by atoms with E-state index in [1.807, 2.05) is 6.20 Å². The largest absolute Gasteiger partial charge is 0.465 e. The minimum Gasteiger partial charge on any atom is -0.465 e. The highest BCUT2D eigenvalue weighted by molar-refractivity contribution is 7.99. The minimum atomic E-state index is -0.429. The SMILES string of the molecule is COC(=O)c1cccc(NC(=O)CSc2nccn2C2CC2)c1. The average molecular weight is 331 g/mol. The minimum absolute atomic E-state index is 0.137. The Balaban J connectivity index is 1.57. The van der Waals surface area contributed by atoms with Crippen LogP contribution >= 0.6 is 11.8 Å². The molecule has 120 valence electrons. The third kappa shape index (κ3) is 3.92. The normalized spacial score (nSPS) is 13.6. The van der Waals surface area contributed by atoms with Gasteiger partial charge in [-0.15, -0.1) is 0 Å². The molecule has 1 saturated carbocycles. The van der Waals surface area contributed by atoms with E-state index in [2.05, 4.69) is 19.6 Å². The Morgan fingerprint density at radius 2 is 2.26 bits per heavy atom. The summed E-state index contributed by atoms with van der Waals surface area (Å²) in [4.78, 5) is 27.8. The first-order valence-electron chi connectivity index (χ1n) is 7.31. The zero-order valence-electron chi connectivity index (χ0n) is 12.7. The number of imidazole rings is 1. The first-order valence-corrected chi connectivity index (χ1v) is 8.30. The molecule has 0 spiro atoms. The van der Waals surface area contributed by atoms with Crippen molar-refractivity contribution in [2.24, 2.45) is 0 Å². The van der Waals surface area contributed by atoms with Gasteiger partial charge in [0, 0.05) is 24.1 Å². The number of anilines is 1. The van der Waals surface area contributed by atoms with Crippen molar-refractivity contribution in [1.82, 2.24) is 9.55 Å². The summed E-state index contributed by atoms with van der Waals surface area (Å²) in [5.74, 6) is -0.295. The van der Waals surface area contributed by atoms with E-state index in [-0.39, 0.29) is 11.7 Å². The van der Waals surface area contributed by atoms with Crippen LogP contribution in [-0.2, 0) is 9.53 Å². The summed E-state index contributed by atoms with van der Waals surface area (Å²) in [6.45, 7) is 0. The number of esters is 1.